The van der Waals surface area contributed by atoms with E-state index in [0.717, 1.165) is 19.3 Å². The largest absolute Gasteiger partial charge is 0.462 e. The third-order valence-electron chi connectivity index (χ3n) is 8.17. The molecule has 24 heavy (non-hydrogen) atoms. The van der Waals surface area contributed by atoms with Gasteiger partial charge in [0, 0.05) is 18.8 Å². The van der Waals surface area contributed by atoms with Gasteiger partial charge in [0.15, 0.2) is 5.78 Å². The van der Waals surface area contributed by atoms with Crippen molar-refractivity contribution in [3.05, 3.63) is 12.2 Å². The molecule has 0 heterocycles. The van der Waals surface area contributed by atoms with E-state index in [-0.39, 0.29) is 22.9 Å². The second-order valence-electron chi connectivity index (χ2n) is 9.31. The molecule has 0 aromatic rings. The molecule has 0 amide bonds. The van der Waals surface area contributed by atoms with Crippen LogP contribution in [0.5, 0.6) is 0 Å². The van der Waals surface area contributed by atoms with Gasteiger partial charge < -0.3 is 4.74 Å². The number of hydrogen-bond acceptors (Lipinski definition) is 3. The summed E-state index contributed by atoms with van der Waals surface area (Å²) in [5, 5.41) is 0. The fourth-order valence-corrected chi connectivity index (χ4v) is 6.89. The minimum atomic E-state index is -0.136. The predicted molar refractivity (Wildman–Crippen MR) is 92.2 cm³/mol. The first-order valence-electron chi connectivity index (χ1n) is 9.73. The fraction of sp³-hybridized carbons (Fsp3) is 0.810. The quantitative estimate of drug-likeness (QED) is 0.673. The third kappa shape index (κ3) is 2.30. The summed E-state index contributed by atoms with van der Waals surface area (Å²) >= 11 is 0. The van der Waals surface area contributed by atoms with Crippen LogP contribution in [0.3, 0.4) is 0 Å². The lowest BCUT2D eigenvalue weighted by Gasteiger charge is -2.57. The molecular weight excluding hydrogens is 300 g/mol. The molecule has 0 bridgehead atoms. The van der Waals surface area contributed by atoms with Gasteiger partial charge in [-0.05, 0) is 73.7 Å². The lowest BCUT2D eigenvalue weighted by atomic mass is 9.48. The molecule has 0 unspecified atom stereocenters. The number of fused-ring (bicyclic) bond motifs is 5. The number of ketones is 1. The molecule has 0 spiro atoms. The molecule has 0 saturated heterocycles. The molecule has 0 aliphatic heterocycles. The molecule has 3 saturated carbocycles. The highest BCUT2D eigenvalue weighted by Crippen LogP contribution is 2.64. The summed E-state index contributed by atoms with van der Waals surface area (Å²) in [6.07, 6.45) is 11.9. The van der Waals surface area contributed by atoms with Gasteiger partial charge in [-0.2, -0.15) is 0 Å². The van der Waals surface area contributed by atoms with E-state index in [4.69, 9.17) is 4.74 Å². The molecule has 0 aromatic carbocycles. The first kappa shape index (κ1) is 16.4. The van der Waals surface area contributed by atoms with Crippen molar-refractivity contribution >= 4 is 11.8 Å². The van der Waals surface area contributed by atoms with Crippen LogP contribution in [0, 0.1) is 34.5 Å². The number of esters is 1. The van der Waals surface area contributed by atoms with Gasteiger partial charge in [-0.15, -0.1) is 0 Å². The minimum Gasteiger partial charge on any atom is -0.462 e. The molecule has 4 aliphatic rings. The van der Waals surface area contributed by atoms with Crippen LogP contribution < -0.4 is 0 Å². The maximum Gasteiger partial charge on any atom is 0.302 e. The van der Waals surface area contributed by atoms with Crippen molar-refractivity contribution in [3.8, 4) is 0 Å². The molecule has 3 fully saturated rings. The second-order valence-corrected chi connectivity index (χ2v) is 9.31. The average Bonchev–Trinajstić information content (AvgIpc) is 2.84. The number of ether oxygens (including phenoxy) is 1. The van der Waals surface area contributed by atoms with Gasteiger partial charge in [0.25, 0.3) is 0 Å². The molecule has 3 heteroatoms. The van der Waals surface area contributed by atoms with Gasteiger partial charge in [0.05, 0.1) is 0 Å². The van der Waals surface area contributed by atoms with Gasteiger partial charge in [0.2, 0.25) is 0 Å². The summed E-state index contributed by atoms with van der Waals surface area (Å²) in [7, 11) is 0. The highest BCUT2D eigenvalue weighted by Gasteiger charge is 2.59. The highest BCUT2D eigenvalue weighted by atomic mass is 16.5. The maximum atomic E-state index is 12.1. The standard InChI is InChI=1S/C21H30O3/c1-13(22)24-19-5-4-17-15-7-10-20(2)9-6-14(23)12-18(20)16(15)8-11-21(17,19)3/h6,9,15-19H,4-5,7-8,10-12H2,1-3H3/t15-,16+,17+,18-,19+,20+,21+/m1/s1. The van der Waals surface area contributed by atoms with E-state index in [1.807, 2.05) is 6.08 Å². The Hall–Kier alpha value is -1.12. The molecule has 132 valence electrons. The number of hydrogen-bond donors (Lipinski definition) is 0. The molecule has 7 atom stereocenters. The zero-order valence-corrected chi connectivity index (χ0v) is 15.2. The van der Waals surface area contributed by atoms with Crippen molar-refractivity contribution in [1.29, 1.82) is 0 Å². The van der Waals surface area contributed by atoms with Crippen LogP contribution in [0.25, 0.3) is 0 Å². The molecule has 4 aliphatic carbocycles. The molecule has 4 rings (SSSR count). The van der Waals surface area contributed by atoms with Gasteiger partial charge in [-0.3, -0.25) is 9.59 Å². The van der Waals surface area contributed by atoms with Crippen LogP contribution >= 0.6 is 0 Å². The van der Waals surface area contributed by atoms with E-state index in [2.05, 4.69) is 19.9 Å². The van der Waals surface area contributed by atoms with E-state index >= 15 is 0 Å². The highest BCUT2D eigenvalue weighted by molar-refractivity contribution is 5.91. The molecule has 3 nitrogen and oxygen atoms in total. The predicted octanol–water partition coefficient (Wildman–Crippen LogP) is 4.31. The number of allylic oxidation sites excluding steroid dienone is 2. The summed E-state index contributed by atoms with van der Waals surface area (Å²) in [6.45, 7) is 6.25. The molecule has 0 aromatic heterocycles. The Balaban J connectivity index is 1.60. The molecule has 0 radical (unpaired) electrons. The summed E-state index contributed by atoms with van der Waals surface area (Å²) < 4.78 is 5.70. The number of rotatable bonds is 1. The maximum absolute atomic E-state index is 12.1. The topological polar surface area (TPSA) is 43.4 Å². The van der Waals surface area contributed by atoms with E-state index in [9.17, 15) is 9.59 Å². The monoisotopic (exact) mass is 330 g/mol. The fourth-order valence-electron chi connectivity index (χ4n) is 6.89. The van der Waals surface area contributed by atoms with E-state index in [0.29, 0.717) is 29.5 Å². The van der Waals surface area contributed by atoms with Crippen LogP contribution in [0.1, 0.15) is 65.7 Å². The Morgan fingerprint density at radius 1 is 1.08 bits per heavy atom. The molecule has 0 N–H and O–H groups in total. The Morgan fingerprint density at radius 2 is 1.79 bits per heavy atom. The van der Waals surface area contributed by atoms with E-state index in [1.54, 1.807) is 0 Å². The number of carbonyl (C=O) groups excluding carboxylic acids is 2. The summed E-state index contributed by atoms with van der Waals surface area (Å²) in [5.74, 6) is 2.74. The first-order valence-corrected chi connectivity index (χ1v) is 9.73. The van der Waals surface area contributed by atoms with E-state index < -0.39 is 0 Å². The SMILES string of the molecule is CC(=O)O[C@H]1CC[C@H]2[C@@H]3CC[C@]4(C)C=CC(=O)C[C@@H]4[C@H]3CC[C@]12C. The van der Waals surface area contributed by atoms with Crippen LogP contribution in [-0.4, -0.2) is 17.9 Å². The van der Waals surface area contributed by atoms with Gasteiger partial charge in [-0.25, -0.2) is 0 Å². The van der Waals surface area contributed by atoms with Gasteiger partial charge >= 0.3 is 5.97 Å². The van der Waals surface area contributed by atoms with Gasteiger partial charge in [0.1, 0.15) is 6.10 Å². The Bertz CT molecular complexity index is 594. The normalized spacial score (nSPS) is 50.0. The lowest BCUT2D eigenvalue weighted by molar-refractivity contribution is -0.158. The zero-order chi connectivity index (χ0) is 17.1. The second kappa shape index (κ2) is 5.44. The van der Waals surface area contributed by atoms with Crippen molar-refractivity contribution in [2.24, 2.45) is 34.5 Å². The van der Waals surface area contributed by atoms with Crippen LogP contribution in [0.4, 0.5) is 0 Å². The number of carbonyl (C=O) groups is 2. The zero-order valence-electron chi connectivity index (χ0n) is 15.2. The van der Waals surface area contributed by atoms with E-state index in [1.165, 1.54) is 32.6 Å². The Kier molecular flexibility index (Phi) is 3.71. The molecular formula is C21H30O3. The van der Waals surface area contributed by atoms with Crippen molar-refractivity contribution in [2.75, 3.05) is 0 Å². The smallest absolute Gasteiger partial charge is 0.302 e. The summed E-state index contributed by atoms with van der Waals surface area (Å²) in [4.78, 5) is 23.6. The first-order chi connectivity index (χ1) is 11.3. The third-order valence-corrected chi connectivity index (χ3v) is 8.17. The Morgan fingerprint density at radius 3 is 2.54 bits per heavy atom. The van der Waals surface area contributed by atoms with Crippen molar-refractivity contribution < 1.29 is 14.3 Å². The van der Waals surface area contributed by atoms with Crippen molar-refractivity contribution in [3.63, 3.8) is 0 Å². The Labute approximate surface area is 145 Å². The van der Waals surface area contributed by atoms with Gasteiger partial charge in [-0.1, -0.05) is 19.9 Å². The van der Waals surface area contributed by atoms with Crippen LogP contribution in [0.2, 0.25) is 0 Å². The summed E-state index contributed by atoms with van der Waals surface area (Å²) in [5.41, 5.74) is 0.367. The van der Waals surface area contributed by atoms with Crippen molar-refractivity contribution in [1.82, 2.24) is 0 Å². The van der Waals surface area contributed by atoms with Crippen molar-refractivity contribution in [2.45, 2.75) is 71.8 Å². The minimum absolute atomic E-state index is 0.0992. The average molecular weight is 330 g/mol. The summed E-state index contributed by atoms with van der Waals surface area (Å²) in [6, 6.07) is 0. The van der Waals surface area contributed by atoms with Crippen LogP contribution in [0.15, 0.2) is 12.2 Å². The lowest BCUT2D eigenvalue weighted by Crippen LogP contribution is -2.52. The van der Waals surface area contributed by atoms with Crippen LogP contribution in [-0.2, 0) is 14.3 Å².